The summed E-state index contributed by atoms with van der Waals surface area (Å²) in [7, 11) is 0. The van der Waals surface area contributed by atoms with E-state index in [2.05, 4.69) is 25.1 Å². The highest BCUT2D eigenvalue weighted by Gasteiger charge is 2.28. The lowest BCUT2D eigenvalue weighted by molar-refractivity contribution is -0.148. The third-order valence-electron chi connectivity index (χ3n) is 5.17. The Kier molecular flexibility index (Phi) is 5.58. The van der Waals surface area contributed by atoms with Crippen molar-refractivity contribution in [3.05, 3.63) is 36.2 Å². The molecule has 2 N–H and O–H groups in total. The average Bonchev–Trinajstić information content (AvgIpc) is 3.46. The lowest BCUT2D eigenvalue weighted by atomic mass is 9.95. The van der Waals surface area contributed by atoms with E-state index >= 15 is 0 Å². The lowest BCUT2D eigenvalue weighted by Gasteiger charge is -2.19. The average molecular weight is 423 g/mol. The maximum Gasteiger partial charge on any atom is 0.335 e. The molecule has 4 rings (SSSR count). The number of rotatable bonds is 9. The fourth-order valence-electron chi connectivity index (χ4n) is 2.80. The third-order valence-corrected chi connectivity index (χ3v) is 5.17. The SMILES string of the molecule is Cc1cc(OCC(C)(C)C(=O)O)ncc1-c1ccc(-c2nc(OCC3CC3)n[nH]2)cn1. The fraction of sp³-hybridized carbons (Fsp3) is 0.409. The van der Waals surface area contributed by atoms with Gasteiger partial charge in [0, 0.05) is 29.6 Å². The minimum Gasteiger partial charge on any atom is -0.481 e. The molecule has 3 heterocycles. The zero-order chi connectivity index (χ0) is 22.0. The molecule has 1 aliphatic rings. The number of H-pyrrole nitrogens is 1. The van der Waals surface area contributed by atoms with E-state index in [0.717, 1.165) is 22.4 Å². The molecule has 1 aliphatic carbocycles. The Morgan fingerprint density at radius 3 is 2.68 bits per heavy atom. The summed E-state index contributed by atoms with van der Waals surface area (Å²) in [5, 5.41) is 16.2. The molecule has 0 atom stereocenters. The summed E-state index contributed by atoms with van der Waals surface area (Å²) >= 11 is 0. The molecule has 1 fully saturated rings. The van der Waals surface area contributed by atoms with Crippen LogP contribution in [0.15, 0.2) is 30.6 Å². The first-order chi connectivity index (χ1) is 14.8. The van der Waals surface area contributed by atoms with Crippen LogP contribution in [0.4, 0.5) is 0 Å². The molecule has 31 heavy (non-hydrogen) atoms. The number of hydrogen-bond donors (Lipinski definition) is 2. The number of aromatic nitrogens is 5. The summed E-state index contributed by atoms with van der Waals surface area (Å²) in [5.41, 5.74) is 2.36. The predicted molar refractivity (Wildman–Crippen MR) is 113 cm³/mol. The highest BCUT2D eigenvalue weighted by Crippen LogP contribution is 2.29. The van der Waals surface area contributed by atoms with Crippen molar-refractivity contribution in [3.63, 3.8) is 0 Å². The first-order valence-corrected chi connectivity index (χ1v) is 10.2. The van der Waals surface area contributed by atoms with Crippen molar-refractivity contribution in [2.24, 2.45) is 11.3 Å². The van der Waals surface area contributed by atoms with E-state index in [4.69, 9.17) is 9.47 Å². The van der Waals surface area contributed by atoms with E-state index in [1.165, 1.54) is 12.8 Å². The molecule has 3 aromatic rings. The largest absolute Gasteiger partial charge is 0.481 e. The van der Waals surface area contributed by atoms with Gasteiger partial charge in [0.05, 0.1) is 17.7 Å². The Balaban J connectivity index is 1.43. The number of nitrogens with one attached hydrogen (secondary N) is 1. The number of aromatic amines is 1. The van der Waals surface area contributed by atoms with Gasteiger partial charge in [-0.3, -0.25) is 14.9 Å². The molecule has 3 aromatic heterocycles. The number of aliphatic carboxylic acids is 1. The van der Waals surface area contributed by atoms with Gasteiger partial charge in [0.15, 0.2) is 5.82 Å². The molecular weight excluding hydrogens is 398 g/mol. The second kappa shape index (κ2) is 8.33. The second-order valence-corrected chi connectivity index (χ2v) is 8.47. The number of carboxylic acids is 1. The van der Waals surface area contributed by atoms with Gasteiger partial charge in [-0.1, -0.05) is 0 Å². The molecule has 0 amide bonds. The van der Waals surface area contributed by atoms with Gasteiger partial charge >= 0.3 is 12.0 Å². The Morgan fingerprint density at radius 1 is 1.23 bits per heavy atom. The second-order valence-electron chi connectivity index (χ2n) is 8.47. The topological polar surface area (TPSA) is 123 Å². The molecule has 0 radical (unpaired) electrons. The van der Waals surface area contributed by atoms with Crippen LogP contribution < -0.4 is 9.47 Å². The van der Waals surface area contributed by atoms with Crippen molar-refractivity contribution in [2.45, 2.75) is 33.6 Å². The zero-order valence-electron chi connectivity index (χ0n) is 17.8. The Bertz CT molecular complexity index is 1070. The summed E-state index contributed by atoms with van der Waals surface area (Å²) in [6.07, 6.45) is 5.83. The molecule has 0 unspecified atom stereocenters. The minimum absolute atomic E-state index is 0.0323. The van der Waals surface area contributed by atoms with E-state index in [-0.39, 0.29) is 6.61 Å². The van der Waals surface area contributed by atoms with Crippen molar-refractivity contribution in [1.82, 2.24) is 25.1 Å². The summed E-state index contributed by atoms with van der Waals surface area (Å²) < 4.78 is 11.2. The number of carboxylic acid groups (broad SMARTS) is 1. The monoisotopic (exact) mass is 423 g/mol. The van der Waals surface area contributed by atoms with Crippen LogP contribution in [0.5, 0.6) is 11.9 Å². The van der Waals surface area contributed by atoms with Gasteiger partial charge < -0.3 is 14.6 Å². The van der Waals surface area contributed by atoms with E-state index < -0.39 is 11.4 Å². The summed E-state index contributed by atoms with van der Waals surface area (Å²) in [6.45, 7) is 5.85. The van der Waals surface area contributed by atoms with Gasteiger partial charge in [-0.05, 0) is 57.2 Å². The molecule has 0 spiro atoms. The molecule has 0 saturated heterocycles. The van der Waals surface area contributed by atoms with Gasteiger partial charge in [0.1, 0.15) is 6.61 Å². The summed E-state index contributed by atoms with van der Waals surface area (Å²) in [6, 6.07) is 5.93. The quantitative estimate of drug-likeness (QED) is 0.536. The predicted octanol–water partition coefficient (Wildman–Crippen LogP) is 3.52. The summed E-state index contributed by atoms with van der Waals surface area (Å²) in [5.74, 6) is 0.704. The van der Waals surface area contributed by atoms with Crippen LogP contribution in [0, 0.1) is 18.3 Å². The first-order valence-electron chi connectivity index (χ1n) is 10.2. The van der Waals surface area contributed by atoms with E-state index in [1.54, 1.807) is 32.3 Å². The molecule has 9 nitrogen and oxygen atoms in total. The minimum atomic E-state index is -0.991. The Hall–Kier alpha value is -3.49. The van der Waals surface area contributed by atoms with Crippen LogP contribution in [0.3, 0.4) is 0 Å². The molecular formula is C22H25N5O4. The van der Waals surface area contributed by atoms with Gasteiger partial charge in [-0.25, -0.2) is 4.98 Å². The molecule has 1 saturated carbocycles. The van der Waals surface area contributed by atoms with Crippen LogP contribution in [-0.2, 0) is 4.79 Å². The Morgan fingerprint density at radius 2 is 2.03 bits per heavy atom. The van der Waals surface area contributed by atoms with Gasteiger partial charge in [-0.2, -0.15) is 4.98 Å². The first kappa shape index (κ1) is 20.8. The van der Waals surface area contributed by atoms with Crippen LogP contribution in [0.1, 0.15) is 32.3 Å². The molecule has 0 bridgehead atoms. The van der Waals surface area contributed by atoms with Gasteiger partial charge in [0.25, 0.3) is 0 Å². The maximum atomic E-state index is 11.2. The van der Waals surface area contributed by atoms with Gasteiger partial charge in [0.2, 0.25) is 5.88 Å². The van der Waals surface area contributed by atoms with Crippen molar-refractivity contribution in [2.75, 3.05) is 13.2 Å². The third kappa shape index (κ3) is 4.99. The molecule has 9 heteroatoms. The fourth-order valence-corrected chi connectivity index (χ4v) is 2.80. The smallest absolute Gasteiger partial charge is 0.335 e. The van der Waals surface area contributed by atoms with Crippen molar-refractivity contribution >= 4 is 5.97 Å². The highest BCUT2D eigenvalue weighted by atomic mass is 16.5. The number of carbonyl (C=O) groups is 1. The number of nitrogens with zero attached hydrogens (tertiary/aromatic N) is 4. The number of aryl methyl sites for hydroxylation is 1. The highest BCUT2D eigenvalue weighted by molar-refractivity contribution is 5.73. The van der Waals surface area contributed by atoms with Crippen molar-refractivity contribution in [3.8, 4) is 34.5 Å². The molecule has 0 aliphatic heterocycles. The normalized spacial score (nSPS) is 13.8. The van der Waals surface area contributed by atoms with E-state index in [1.807, 2.05) is 19.1 Å². The van der Waals surface area contributed by atoms with Crippen LogP contribution in [0.25, 0.3) is 22.6 Å². The van der Waals surface area contributed by atoms with Crippen LogP contribution >= 0.6 is 0 Å². The number of hydrogen-bond acceptors (Lipinski definition) is 7. The summed E-state index contributed by atoms with van der Waals surface area (Å²) in [4.78, 5) is 24.4. The maximum absolute atomic E-state index is 11.2. The van der Waals surface area contributed by atoms with Crippen LogP contribution in [-0.4, -0.2) is 49.4 Å². The molecule has 0 aromatic carbocycles. The van der Waals surface area contributed by atoms with Crippen LogP contribution in [0.2, 0.25) is 0 Å². The van der Waals surface area contributed by atoms with Crippen molar-refractivity contribution in [1.29, 1.82) is 0 Å². The van der Waals surface area contributed by atoms with Gasteiger partial charge in [-0.15, -0.1) is 5.10 Å². The van der Waals surface area contributed by atoms with E-state index in [0.29, 0.717) is 30.2 Å². The number of ether oxygens (including phenoxy) is 2. The Labute approximate surface area is 179 Å². The van der Waals surface area contributed by atoms with Crippen molar-refractivity contribution < 1.29 is 19.4 Å². The molecule has 162 valence electrons. The van der Waals surface area contributed by atoms with E-state index in [9.17, 15) is 9.90 Å². The zero-order valence-corrected chi connectivity index (χ0v) is 17.8. The lowest BCUT2D eigenvalue weighted by Crippen LogP contribution is -2.30. The standard InChI is InChI=1S/C22H25N5O4/c1-13-8-18(31-12-22(2,3)20(28)29)24-10-16(13)17-7-6-15(9-23-17)19-25-21(27-26-19)30-11-14-4-5-14/h6-10,14H,4-5,11-12H2,1-3H3,(H,28,29)(H,25,26,27). The number of pyridine rings is 2.